The highest BCUT2D eigenvalue weighted by Crippen LogP contribution is 2.28. The highest BCUT2D eigenvalue weighted by atomic mass is 16.5. The first-order chi connectivity index (χ1) is 9.95. The molecular formula is C17H28N2O2. The molecule has 1 heterocycles. The monoisotopic (exact) mass is 292 g/mol. The van der Waals surface area contributed by atoms with Crippen molar-refractivity contribution in [1.29, 1.82) is 0 Å². The van der Waals surface area contributed by atoms with Gasteiger partial charge in [-0.2, -0.15) is 0 Å². The molecule has 0 radical (unpaired) electrons. The minimum atomic E-state index is -0.124. The maximum absolute atomic E-state index is 6.06. The molecule has 1 aliphatic rings. The average molecular weight is 292 g/mol. The maximum atomic E-state index is 6.06. The van der Waals surface area contributed by atoms with E-state index >= 15 is 0 Å². The van der Waals surface area contributed by atoms with Crippen LogP contribution < -0.4 is 5.73 Å². The molecule has 1 aliphatic heterocycles. The fraction of sp³-hybridized carbons (Fsp3) is 0.647. The molecular weight excluding hydrogens is 264 g/mol. The number of morpholine rings is 1. The van der Waals surface area contributed by atoms with Crippen LogP contribution in [0, 0.1) is 0 Å². The minimum absolute atomic E-state index is 0.124. The molecule has 1 saturated heterocycles. The summed E-state index contributed by atoms with van der Waals surface area (Å²) >= 11 is 0. The Labute approximate surface area is 128 Å². The van der Waals surface area contributed by atoms with E-state index in [0.29, 0.717) is 13.2 Å². The first kappa shape index (κ1) is 16.4. The third-order valence-corrected chi connectivity index (χ3v) is 3.94. The topological polar surface area (TPSA) is 47.7 Å². The molecule has 1 aromatic carbocycles. The summed E-state index contributed by atoms with van der Waals surface area (Å²) in [6, 6.07) is 8.82. The van der Waals surface area contributed by atoms with Gasteiger partial charge in [0.25, 0.3) is 0 Å². The molecule has 4 heteroatoms. The molecule has 0 saturated carbocycles. The Hall–Kier alpha value is -0.940. The van der Waals surface area contributed by atoms with Crippen LogP contribution in [0.25, 0.3) is 0 Å². The molecule has 2 N–H and O–H groups in total. The standard InChI is InChI=1S/C17H28N2O2/c1-13-10-19(12-17(2,3)21-13)16(9-18)15-7-5-14(6-8-15)11-20-4/h5-8,13,16H,9-12,18H2,1-4H3. The van der Waals surface area contributed by atoms with E-state index in [4.69, 9.17) is 15.2 Å². The zero-order valence-corrected chi connectivity index (χ0v) is 13.6. The molecule has 2 unspecified atom stereocenters. The van der Waals surface area contributed by atoms with Gasteiger partial charge in [0.1, 0.15) is 0 Å². The van der Waals surface area contributed by atoms with Gasteiger partial charge in [0, 0.05) is 32.8 Å². The minimum Gasteiger partial charge on any atom is -0.380 e. The van der Waals surface area contributed by atoms with E-state index in [2.05, 4.69) is 49.9 Å². The van der Waals surface area contributed by atoms with Gasteiger partial charge in [-0.1, -0.05) is 24.3 Å². The highest BCUT2D eigenvalue weighted by Gasteiger charge is 2.34. The average Bonchev–Trinajstić information content (AvgIpc) is 2.39. The van der Waals surface area contributed by atoms with Gasteiger partial charge < -0.3 is 15.2 Å². The zero-order valence-electron chi connectivity index (χ0n) is 13.6. The van der Waals surface area contributed by atoms with Crippen molar-refractivity contribution >= 4 is 0 Å². The Morgan fingerprint density at radius 2 is 2.05 bits per heavy atom. The van der Waals surface area contributed by atoms with E-state index in [1.165, 1.54) is 11.1 Å². The molecule has 0 aromatic heterocycles. The van der Waals surface area contributed by atoms with Gasteiger partial charge in [-0.3, -0.25) is 4.90 Å². The quantitative estimate of drug-likeness (QED) is 0.905. The zero-order chi connectivity index (χ0) is 15.5. The molecule has 2 rings (SSSR count). The molecule has 0 bridgehead atoms. The van der Waals surface area contributed by atoms with Crippen molar-refractivity contribution in [2.24, 2.45) is 5.73 Å². The molecule has 4 nitrogen and oxygen atoms in total. The first-order valence-electron chi connectivity index (χ1n) is 7.65. The van der Waals surface area contributed by atoms with Crippen LogP contribution in [-0.4, -0.2) is 43.3 Å². The van der Waals surface area contributed by atoms with Crippen LogP contribution in [0.4, 0.5) is 0 Å². The van der Waals surface area contributed by atoms with Crippen molar-refractivity contribution in [3.63, 3.8) is 0 Å². The molecule has 0 spiro atoms. The molecule has 118 valence electrons. The Morgan fingerprint density at radius 3 is 2.57 bits per heavy atom. The number of hydrogen-bond donors (Lipinski definition) is 1. The SMILES string of the molecule is COCc1ccc(C(CN)N2CC(C)OC(C)(C)C2)cc1. The molecule has 21 heavy (non-hydrogen) atoms. The lowest BCUT2D eigenvalue weighted by atomic mass is 9.98. The number of rotatable bonds is 5. The fourth-order valence-electron chi connectivity index (χ4n) is 3.24. The van der Waals surface area contributed by atoms with Crippen molar-refractivity contribution in [2.75, 3.05) is 26.7 Å². The van der Waals surface area contributed by atoms with Crippen molar-refractivity contribution in [3.8, 4) is 0 Å². The lowest BCUT2D eigenvalue weighted by Crippen LogP contribution is -2.53. The second-order valence-electron chi connectivity index (χ2n) is 6.54. The van der Waals surface area contributed by atoms with Gasteiger partial charge in [-0.15, -0.1) is 0 Å². The first-order valence-corrected chi connectivity index (χ1v) is 7.65. The molecule has 0 amide bonds. The number of hydrogen-bond acceptors (Lipinski definition) is 4. The number of methoxy groups -OCH3 is 1. The van der Waals surface area contributed by atoms with E-state index in [1.807, 2.05) is 0 Å². The van der Waals surface area contributed by atoms with Crippen LogP contribution in [0.2, 0.25) is 0 Å². The van der Waals surface area contributed by atoms with Gasteiger partial charge >= 0.3 is 0 Å². The van der Waals surface area contributed by atoms with Crippen molar-refractivity contribution in [1.82, 2.24) is 4.90 Å². The summed E-state index contributed by atoms with van der Waals surface area (Å²) in [6.45, 7) is 9.50. The van der Waals surface area contributed by atoms with Crippen molar-refractivity contribution in [2.45, 2.75) is 45.1 Å². The number of nitrogens with zero attached hydrogens (tertiary/aromatic N) is 1. The molecule has 1 aromatic rings. The summed E-state index contributed by atoms with van der Waals surface area (Å²) in [7, 11) is 1.72. The predicted molar refractivity (Wildman–Crippen MR) is 85.1 cm³/mol. The van der Waals surface area contributed by atoms with Crippen LogP contribution in [0.3, 0.4) is 0 Å². The third-order valence-electron chi connectivity index (χ3n) is 3.94. The van der Waals surface area contributed by atoms with Crippen molar-refractivity contribution in [3.05, 3.63) is 35.4 Å². The van der Waals surface area contributed by atoms with Crippen LogP contribution in [0.15, 0.2) is 24.3 Å². The Kier molecular flexibility index (Phi) is 5.38. The molecule has 0 aliphatic carbocycles. The van der Waals surface area contributed by atoms with Gasteiger partial charge in [-0.05, 0) is 31.9 Å². The summed E-state index contributed by atoms with van der Waals surface area (Å²) in [5.41, 5.74) is 8.39. The van der Waals surface area contributed by atoms with E-state index in [0.717, 1.165) is 13.1 Å². The van der Waals surface area contributed by atoms with E-state index < -0.39 is 0 Å². The van der Waals surface area contributed by atoms with Gasteiger partial charge in [-0.25, -0.2) is 0 Å². The van der Waals surface area contributed by atoms with Crippen LogP contribution in [-0.2, 0) is 16.1 Å². The summed E-state index contributed by atoms with van der Waals surface area (Å²) in [4.78, 5) is 2.44. The Balaban J connectivity index is 2.14. The third kappa shape index (κ3) is 4.27. The number of ether oxygens (including phenoxy) is 2. The van der Waals surface area contributed by atoms with Crippen molar-refractivity contribution < 1.29 is 9.47 Å². The second kappa shape index (κ2) is 6.88. The lowest BCUT2D eigenvalue weighted by molar-refractivity contribution is -0.137. The molecule has 1 fully saturated rings. The summed E-state index contributed by atoms with van der Waals surface area (Å²) in [5.74, 6) is 0. The molecule has 2 atom stereocenters. The van der Waals surface area contributed by atoms with E-state index in [-0.39, 0.29) is 17.7 Å². The number of benzene rings is 1. The Bertz CT molecular complexity index is 445. The predicted octanol–water partition coefficient (Wildman–Crippen LogP) is 2.33. The van der Waals surface area contributed by atoms with Crippen LogP contribution >= 0.6 is 0 Å². The second-order valence-corrected chi connectivity index (χ2v) is 6.54. The van der Waals surface area contributed by atoms with Gasteiger partial charge in [0.15, 0.2) is 0 Å². The summed E-state index contributed by atoms with van der Waals surface area (Å²) in [6.07, 6.45) is 0.232. The van der Waals surface area contributed by atoms with Crippen LogP contribution in [0.1, 0.15) is 37.9 Å². The lowest BCUT2D eigenvalue weighted by Gasteiger charge is -2.45. The number of nitrogens with two attached hydrogens (primary N) is 1. The van der Waals surface area contributed by atoms with E-state index in [1.54, 1.807) is 7.11 Å². The maximum Gasteiger partial charge on any atom is 0.0757 e. The summed E-state index contributed by atoms with van der Waals surface area (Å²) in [5, 5.41) is 0. The van der Waals surface area contributed by atoms with Gasteiger partial charge in [0.05, 0.1) is 18.3 Å². The van der Waals surface area contributed by atoms with E-state index in [9.17, 15) is 0 Å². The smallest absolute Gasteiger partial charge is 0.0757 e. The Morgan fingerprint density at radius 1 is 1.38 bits per heavy atom. The normalized spacial score (nSPS) is 24.0. The largest absolute Gasteiger partial charge is 0.380 e. The van der Waals surface area contributed by atoms with Gasteiger partial charge in [0.2, 0.25) is 0 Å². The summed E-state index contributed by atoms with van der Waals surface area (Å²) < 4.78 is 11.1. The fourth-order valence-corrected chi connectivity index (χ4v) is 3.24. The highest BCUT2D eigenvalue weighted by molar-refractivity contribution is 5.25. The van der Waals surface area contributed by atoms with Crippen LogP contribution in [0.5, 0.6) is 0 Å².